The van der Waals surface area contributed by atoms with Gasteiger partial charge < -0.3 is 20.1 Å². The van der Waals surface area contributed by atoms with Gasteiger partial charge in [0.2, 0.25) is 5.91 Å². The second-order valence-electron chi connectivity index (χ2n) is 6.26. The molecule has 0 aromatic heterocycles. The van der Waals surface area contributed by atoms with Crippen molar-refractivity contribution in [2.45, 2.75) is 5.92 Å². The maximum Gasteiger partial charge on any atom is 0.238 e. The van der Waals surface area contributed by atoms with Gasteiger partial charge in [-0.2, -0.15) is 0 Å². The number of benzene rings is 3. The molecule has 0 aliphatic carbocycles. The Morgan fingerprint density at radius 2 is 1.45 bits per heavy atom. The first-order chi connectivity index (χ1) is 14.1. The Hall–Kier alpha value is -3.38. The van der Waals surface area contributed by atoms with E-state index in [1.54, 1.807) is 32.4 Å². The molecule has 1 amide bonds. The Kier molecular flexibility index (Phi) is 6.81. The second-order valence-corrected chi connectivity index (χ2v) is 6.67. The summed E-state index contributed by atoms with van der Waals surface area (Å²) in [4.78, 5) is 13.1. The summed E-state index contributed by atoms with van der Waals surface area (Å²) >= 11 is 5.38. The fourth-order valence-corrected chi connectivity index (χ4v) is 3.25. The highest BCUT2D eigenvalue weighted by atomic mass is 32.1. The minimum absolute atomic E-state index is 0.179. The molecule has 2 N–H and O–H groups in total. The van der Waals surface area contributed by atoms with Gasteiger partial charge in [0.25, 0.3) is 0 Å². The summed E-state index contributed by atoms with van der Waals surface area (Å²) in [5.41, 5.74) is 2.38. The van der Waals surface area contributed by atoms with Gasteiger partial charge in [-0.3, -0.25) is 4.79 Å². The molecule has 0 spiro atoms. The van der Waals surface area contributed by atoms with Crippen LogP contribution in [0, 0.1) is 0 Å². The first kappa shape index (κ1) is 20.4. The molecular formula is C23H22N2O3S. The minimum Gasteiger partial charge on any atom is -0.497 e. The van der Waals surface area contributed by atoms with Crippen molar-refractivity contribution in [3.8, 4) is 11.5 Å². The van der Waals surface area contributed by atoms with E-state index in [2.05, 4.69) is 10.6 Å². The summed E-state index contributed by atoms with van der Waals surface area (Å²) in [6, 6.07) is 24.5. The van der Waals surface area contributed by atoms with Gasteiger partial charge in [-0.1, -0.05) is 60.7 Å². The Labute approximate surface area is 175 Å². The summed E-state index contributed by atoms with van der Waals surface area (Å²) in [5, 5.41) is 6.00. The number of methoxy groups -OCH3 is 2. The van der Waals surface area contributed by atoms with Crippen LogP contribution < -0.4 is 20.1 Å². The average Bonchev–Trinajstić information content (AvgIpc) is 2.75. The molecule has 0 radical (unpaired) electrons. The molecule has 148 valence electrons. The Morgan fingerprint density at radius 1 is 0.862 bits per heavy atom. The number of rotatable bonds is 6. The lowest BCUT2D eigenvalue weighted by Gasteiger charge is -2.19. The molecule has 5 nitrogen and oxygen atoms in total. The molecule has 0 unspecified atom stereocenters. The zero-order valence-corrected chi connectivity index (χ0v) is 17.0. The van der Waals surface area contributed by atoms with Crippen LogP contribution in [0.25, 0.3) is 0 Å². The topological polar surface area (TPSA) is 59.6 Å². The molecule has 0 saturated carbocycles. The van der Waals surface area contributed by atoms with E-state index in [0.29, 0.717) is 17.2 Å². The molecule has 3 rings (SSSR count). The van der Waals surface area contributed by atoms with Crippen LogP contribution in [0.4, 0.5) is 5.69 Å². The number of ether oxygens (including phenoxy) is 2. The van der Waals surface area contributed by atoms with E-state index in [-0.39, 0.29) is 11.0 Å². The van der Waals surface area contributed by atoms with Crippen molar-refractivity contribution in [1.29, 1.82) is 0 Å². The molecule has 3 aromatic carbocycles. The van der Waals surface area contributed by atoms with E-state index in [4.69, 9.17) is 21.7 Å². The molecule has 3 aromatic rings. The van der Waals surface area contributed by atoms with Gasteiger partial charge in [-0.25, -0.2) is 0 Å². The van der Waals surface area contributed by atoms with Crippen molar-refractivity contribution < 1.29 is 14.3 Å². The van der Waals surface area contributed by atoms with Gasteiger partial charge in [-0.15, -0.1) is 0 Å². The molecule has 0 fully saturated rings. The predicted molar refractivity (Wildman–Crippen MR) is 119 cm³/mol. The van der Waals surface area contributed by atoms with Crippen LogP contribution in [0.5, 0.6) is 11.5 Å². The first-order valence-electron chi connectivity index (χ1n) is 9.06. The molecule has 0 bridgehead atoms. The van der Waals surface area contributed by atoms with Crippen molar-refractivity contribution in [2.75, 3.05) is 19.5 Å². The third kappa shape index (κ3) is 5.12. The number of anilines is 1. The lowest BCUT2D eigenvalue weighted by molar-refractivity contribution is -0.120. The van der Waals surface area contributed by atoms with Gasteiger partial charge >= 0.3 is 0 Å². The number of carbonyl (C=O) groups excluding carboxylic acids is 1. The zero-order valence-electron chi connectivity index (χ0n) is 16.2. The number of hydrogen-bond donors (Lipinski definition) is 2. The number of amides is 1. The lowest BCUT2D eigenvalue weighted by Crippen LogP contribution is -2.38. The van der Waals surface area contributed by atoms with Crippen molar-refractivity contribution in [3.05, 3.63) is 90.0 Å². The quantitative estimate of drug-likeness (QED) is 0.596. The van der Waals surface area contributed by atoms with Gasteiger partial charge in [0.05, 0.1) is 25.8 Å². The highest BCUT2D eigenvalue weighted by Crippen LogP contribution is 2.29. The number of hydrogen-bond acceptors (Lipinski definition) is 4. The highest BCUT2D eigenvalue weighted by molar-refractivity contribution is 7.80. The highest BCUT2D eigenvalue weighted by Gasteiger charge is 2.23. The van der Waals surface area contributed by atoms with Crippen LogP contribution in [-0.4, -0.2) is 25.2 Å². The number of thiocarbonyl (C=S) groups is 1. The van der Waals surface area contributed by atoms with Gasteiger partial charge in [0.1, 0.15) is 11.5 Å². The van der Waals surface area contributed by atoms with Crippen molar-refractivity contribution >= 4 is 28.9 Å². The number of carbonyl (C=O) groups is 1. The molecule has 0 heterocycles. The van der Waals surface area contributed by atoms with E-state index in [0.717, 1.165) is 11.1 Å². The monoisotopic (exact) mass is 406 g/mol. The maximum absolute atomic E-state index is 13.1. The molecule has 0 saturated heterocycles. The fraction of sp³-hybridized carbons (Fsp3) is 0.130. The zero-order chi connectivity index (χ0) is 20.6. The maximum atomic E-state index is 13.1. The Morgan fingerprint density at radius 3 is 1.97 bits per heavy atom. The minimum atomic E-state index is -0.482. The van der Waals surface area contributed by atoms with Gasteiger partial charge in [0, 0.05) is 6.07 Å². The van der Waals surface area contributed by atoms with E-state index in [9.17, 15) is 4.79 Å². The van der Waals surface area contributed by atoms with E-state index in [1.165, 1.54) is 0 Å². The summed E-state index contributed by atoms with van der Waals surface area (Å²) in [7, 11) is 3.14. The van der Waals surface area contributed by atoms with Crippen LogP contribution >= 0.6 is 12.2 Å². The standard InChI is InChI=1S/C23H22N2O3S/c1-27-18-13-14-20(28-2)19(15-18)24-23(29)25-22(26)21(16-9-5-3-6-10-16)17-11-7-4-8-12-17/h3-15,21H,1-2H3,(H2,24,25,26,29). The summed E-state index contributed by atoms with van der Waals surface area (Å²) < 4.78 is 10.6. The summed E-state index contributed by atoms with van der Waals surface area (Å²) in [6.07, 6.45) is 0. The third-order valence-electron chi connectivity index (χ3n) is 4.42. The van der Waals surface area contributed by atoms with Gasteiger partial charge in [-0.05, 0) is 35.5 Å². The average molecular weight is 407 g/mol. The van der Waals surface area contributed by atoms with Crippen molar-refractivity contribution in [3.63, 3.8) is 0 Å². The van der Waals surface area contributed by atoms with Crippen LogP contribution in [-0.2, 0) is 4.79 Å². The first-order valence-corrected chi connectivity index (χ1v) is 9.47. The van der Waals surface area contributed by atoms with E-state index in [1.807, 2.05) is 60.7 Å². The van der Waals surface area contributed by atoms with Crippen molar-refractivity contribution in [1.82, 2.24) is 5.32 Å². The van der Waals surface area contributed by atoms with Crippen LogP contribution in [0.15, 0.2) is 78.9 Å². The molecular weight excluding hydrogens is 384 g/mol. The number of nitrogens with one attached hydrogen (secondary N) is 2. The second kappa shape index (κ2) is 9.71. The molecule has 6 heteroatoms. The Bertz CT molecular complexity index is 938. The molecule has 0 aliphatic heterocycles. The van der Waals surface area contributed by atoms with Crippen LogP contribution in [0.3, 0.4) is 0 Å². The largest absolute Gasteiger partial charge is 0.497 e. The van der Waals surface area contributed by atoms with Crippen molar-refractivity contribution in [2.24, 2.45) is 0 Å². The Balaban J connectivity index is 1.81. The lowest BCUT2D eigenvalue weighted by atomic mass is 9.90. The fourth-order valence-electron chi connectivity index (χ4n) is 3.04. The summed E-state index contributed by atoms with van der Waals surface area (Å²) in [5.74, 6) is 0.532. The SMILES string of the molecule is COc1ccc(OC)c(NC(=S)NC(=O)C(c2ccccc2)c2ccccc2)c1. The van der Waals surface area contributed by atoms with Crippen LogP contribution in [0.2, 0.25) is 0 Å². The molecule has 0 aliphatic rings. The van der Waals surface area contributed by atoms with Crippen LogP contribution in [0.1, 0.15) is 17.0 Å². The third-order valence-corrected chi connectivity index (χ3v) is 4.62. The van der Waals surface area contributed by atoms with Gasteiger partial charge in [0.15, 0.2) is 5.11 Å². The predicted octanol–water partition coefficient (Wildman–Crippen LogP) is 4.35. The molecule has 0 atom stereocenters. The summed E-state index contributed by atoms with van der Waals surface area (Å²) in [6.45, 7) is 0. The van der Waals surface area contributed by atoms with E-state index >= 15 is 0 Å². The normalized spacial score (nSPS) is 10.3. The van der Waals surface area contributed by atoms with E-state index < -0.39 is 5.92 Å². The smallest absolute Gasteiger partial charge is 0.238 e. The molecule has 29 heavy (non-hydrogen) atoms.